The number of nitrogens with one attached hydrogen (secondary N) is 1. The Morgan fingerprint density at radius 2 is 2.00 bits per heavy atom. The number of guanidine groups is 1. The maximum atomic E-state index is 10.4. The van der Waals surface area contributed by atoms with Crippen LogP contribution in [0.25, 0.3) is 0 Å². The third kappa shape index (κ3) is 7.05. The van der Waals surface area contributed by atoms with Crippen LogP contribution in [0.3, 0.4) is 0 Å². The van der Waals surface area contributed by atoms with Crippen LogP contribution in [-0.4, -0.2) is 43.2 Å². The number of nitrogens with zero attached hydrogens (tertiary/aromatic N) is 2. The maximum Gasteiger partial charge on any atom is 0.194 e. The molecule has 144 valence electrons. The zero-order valence-electron chi connectivity index (χ0n) is 15.1. The van der Waals surface area contributed by atoms with Gasteiger partial charge < -0.3 is 20.1 Å². The summed E-state index contributed by atoms with van der Waals surface area (Å²) in [4.78, 5) is 7.88. The molecule has 2 aromatic rings. The molecule has 1 unspecified atom stereocenters. The van der Waals surface area contributed by atoms with Crippen LogP contribution in [-0.2, 0) is 6.54 Å². The van der Waals surface area contributed by atoms with Gasteiger partial charge in [-0.25, -0.2) is 0 Å². The lowest BCUT2D eigenvalue weighted by molar-refractivity contribution is 0.186. The van der Waals surface area contributed by atoms with Gasteiger partial charge in [0.05, 0.1) is 30.1 Å². The lowest BCUT2D eigenvalue weighted by Crippen LogP contribution is -2.38. The Morgan fingerprint density at radius 3 is 2.54 bits per heavy atom. The number of halogens is 2. The third-order valence-electron chi connectivity index (χ3n) is 3.63. The van der Waals surface area contributed by atoms with Gasteiger partial charge in [-0.1, -0.05) is 12.1 Å². The minimum atomic E-state index is -0.649. The van der Waals surface area contributed by atoms with E-state index in [1.165, 1.54) is 4.88 Å². The third-order valence-corrected chi connectivity index (χ3v) is 5.24. The Hall–Kier alpha value is -0.840. The molecule has 1 aromatic heterocycles. The summed E-state index contributed by atoms with van der Waals surface area (Å²) in [7, 11) is 3.62. The van der Waals surface area contributed by atoms with Crippen LogP contribution >= 0.6 is 51.2 Å². The Balaban J connectivity index is 0.00000338. The van der Waals surface area contributed by atoms with E-state index in [1.807, 2.05) is 44.3 Å². The number of ether oxygens (including phenoxy) is 1. The molecule has 1 atom stereocenters. The average molecular weight is 554 g/mol. The van der Waals surface area contributed by atoms with Crippen molar-refractivity contribution >= 4 is 57.2 Å². The van der Waals surface area contributed by atoms with E-state index in [2.05, 4.69) is 37.2 Å². The number of rotatable bonds is 7. The molecule has 0 saturated carbocycles. The van der Waals surface area contributed by atoms with Crippen molar-refractivity contribution in [3.05, 3.63) is 50.6 Å². The minimum absolute atomic E-state index is 0. The van der Waals surface area contributed by atoms with Gasteiger partial charge >= 0.3 is 0 Å². The minimum Gasteiger partial charge on any atom is -0.497 e. The lowest BCUT2D eigenvalue weighted by Gasteiger charge is -2.22. The Labute approximate surface area is 184 Å². The largest absolute Gasteiger partial charge is 0.497 e. The van der Waals surface area contributed by atoms with Crippen LogP contribution in [0, 0.1) is 0 Å². The van der Waals surface area contributed by atoms with Crippen LogP contribution in [0.2, 0.25) is 0 Å². The van der Waals surface area contributed by atoms with Crippen LogP contribution in [0.5, 0.6) is 5.75 Å². The highest BCUT2D eigenvalue weighted by atomic mass is 127. The molecule has 1 aromatic carbocycles. The molecule has 5 nitrogen and oxygen atoms in total. The van der Waals surface area contributed by atoms with E-state index >= 15 is 0 Å². The highest BCUT2D eigenvalue weighted by Crippen LogP contribution is 2.23. The standard InChI is InChI=1S/C18H24BrN3O2S.HI/c1-4-20-18(22(2)12-15-9-10-17(19)25-15)21-11-16(23)13-5-7-14(24-3)8-6-13;/h5-10,16,23H,4,11-12H2,1-3H3,(H,20,21);1H. The zero-order valence-corrected chi connectivity index (χ0v) is 19.8. The molecule has 0 bridgehead atoms. The van der Waals surface area contributed by atoms with E-state index in [4.69, 9.17) is 4.74 Å². The number of hydrogen-bond donors (Lipinski definition) is 2. The summed E-state index contributed by atoms with van der Waals surface area (Å²) in [5, 5.41) is 13.6. The molecule has 2 N–H and O–H groups in total. The molecule has 0 saturated heterocycles. The highest BCUT2D eigenvalue weighted by Gasteiger charge is 2.11. The SMILES string of the molecule is CCNC(=NCC(O)c1ccc(OC)cc1)N(C)Cc1ccc(Br)s1.I. The monoisotopic (exact) mass is 553 g/mol. The van der Waals surface area contributed by atoms with Crippen molar-refractivity contribution in [3.8, 4) is 5.75 Å². The Morgan fingerprint density at radius 1 is 1.31 bits per heavy atom. The molecule has 0 spiro atoms. The maximum absolute atomic E-state index is 10.4. The van der Waals surface area contributed by atoms with Crippen LogP contribution in [0.4, 0.5) is 0 Å². The van der Waals surface area contributed by atoms with Gasteiger partial charge in [0.15, 0.2) is 5.96 Å². The van der Waals surface area contributed by atoms with Gasteiger partial charge in [0.25, 0.3) is 0 Å². The van der Waals surface area contributed by atoms with Gasteiger partial charge in [0.2, 0.25) is 0 Å². The fourth-order valence-electron chi connectivity index (χ4n) is 2.32. The molecule has 0 aliphatic carbocycles. The van der Waals surface area contributed by atoms with Gasteiger partial charge in [-0.3, -0.25) is 4.99 Å². The van der Waals surface area contributed by atoms with Crippen LogP contribution < -0.4 is 10.1 Å². The first kappa shape index (κ1) is 23.2. The van der Waals surface area contributed by atoms with E-state index in [1.54, 1.807) is 18.4 Å². The normalized spacial score (nSPS) is 12.3. The molecule has 0 aliphatic heterocycles. The number of aliphatic hydroxyl groups excluding tert-OH is 1. The molecule has 26 heavy (non-hydrogen) atoms. The molecule has 1 heterocycles. The van der Waals surface area contributed by atoms with Crippen LogP contribution in [0.15, 0.2) is 45.2 Å². The average Bonchev–Trinajstić information content (AvgIpc) is 3.03. The summed E-state index contributed by atoms with van der Waals surface area (Å²) < 4.78 is 6.26. The predicted molar refractivity (Wildman–Crippen MR) is 123 cm³/mol. The predicted octanol–water partition coefficient (Wildman–Crippen LogP) is 4.27. The van der Waals surface area contributed by atoms with Crippen molar-refractivity contribution in [2.75, 3.05) is 27.2 Å². The second kappa shape index (κ2) is 11.8. The van der Waals surface area contributed by atoms with Gasteiger partial charge in [-0.2, -0.15) is 0 Å². The highest BCUT2D eigenvalue weighted by molar-refractivity contribution is 14.0. The van der Waals surface area contributed by atoms with Crippen LogP contribution in [0.1, 0.15) is 23.5 Å². The van der Waals surface area contributed by atoms with Gasteiger partial charge in [0, 0.05) is 18.5 Å². The zero-order chi connectivity index (χ0) is 18.2. The summed E-state index contributed by atoms with van der Waals surface area (Å²) in [5.41, 5.74) is 0.824. The van der Waals surface area contributed by atoms with Crippen molar-refractivity contribution in [1.29, 1.82) is 0 Å². The summed E-state index contributed by atoms with van der Waals surface area (Å²) in [5.74, 6) is 1.55. The molecule has 2 rings (SSSR count). The van der Waals surface area contributed by atoms with Crippen molar-refractivity contribution < 1.29 is 9.84 Å². The topological polar surface area (TPSA) is 57.1 Å². The first-order valence-corrected chi connectivity index (χ1v) is 9.70. The Bertz CT molecular complexity index is 694. The summed E-state index contributed by atoms with van der Waals surface area (Å²) in [6.45, 7) is 3.87. The number of thiophene rings is 1. The van der Waals surface area contributed by atoms with Crippen molar-refractivity contribution in [2.45, 2.75) is 19.6 Å². The molecule has 0 amide bonds. The van der Waals surface area contributed by atoms with E-state index in [-0.39, 0.29) is 24.0 Å². The summed E-state index contributed by atoms with van der Waals surface area (Å²) in [6.07, 6.45) is -0.649. The van der Waals surface area contributed by atoms with Gasteiger partial charge in [-0.15, -0.1) is 35.3 Å². The van der Waals surface area contributed by atoms with Crippen molar-refractivity contribution in [1.82, 2.24) is 10.2 Å². The summed E-state index contributed by atoms with van der Waals surface area (Å²) >= 11 is 5.20. The lowest BCUT2D eigenvalue weighted by atomic mass is 10.1. The number of aliphatic imine (C=N–C) groups is 1. The molecule has 0 fully saturated rings. The molecule has 0 aliphatic rings. The summed E-state index contributed by atoms with van der Waals surface area (Å²) in [6, 6.07) is 11.5. The molecular formula is C18H25BrIN3O2S. The number of aliphatic hydroxyl groups is 1. The van der Waals surface area contributed by atoms with E-state index in [0.29, 0.717) is 6.54 Å². The van der Waals surface area contributed by atoms with Gasteiger partial charge in [-0.05, 0) is 52.7 Å². The van der Waals surface area contributed by atoms with Crippen molar-refractivity contribution in [2.24, 2.45) is 4.99 Å². The molecule has 8 heteroatoms. The van der Waals surface area contributed by atoms with E-state index < -0.39 is 6.10 Å². The second-order valence-electron chi connectivity index (χ2n) is 5.55. The fraction of sp³-hybridized carbons (Fsp3) is 0.389. The molecule has 0 radical (unpaired) electrons. The fourth-order valence-corrected chi connectivity index (χ4v) is 3.86. The first-order valence-electron chi connectivity index (χ1n) is 8.09. The first-order chi connectivity index (χ1) is 12.0. The number of hydrogen-bond acceptors (Lipinski definition) is 4. The van der Waals surface area contributed by atoms with E-state index in [0.717, 1.165) is 34.1 Å². The Kier molecular flexibility index (Phi) is 10.5. The second-order valence-corrected chi connectivity index (χ2v) is 8.09. The van der Waals surface area contributed by atoms with Crippen molar-refractivity contribution in [3.63, 3.8) is 0 Å². The number of methoxy groups -OCH3 is 1. The smallest absolute Gasteiger partial charge is 0.194 e. The number of benzene rings is 1. The molecular weight excluding hydrogens is 529 g/mol. The van der Waals surface area contributed by atoms with Gasteiger partial charge in [0.1, 0.15) is 5.75 Å². The van der Waals surface area contributed by atoms with E-state index in [9.17, 15) is 5.11 Å². The quantitative estimate of drug-likeness (QED) is 0.305.